The molecule has 1 atom stereocenters. The summed E-state index contributed by atoms with van der Waals surface area (Å²) in [5, 5.41) is 2.56. The Kier molecular flexibility index (Phi) is 3.08. The molecule has 17 heavy (non-hydrogen) atoms. The molecule has 0 radical (unpaired) electrons. The number of hydrogen-bond donors (Lipinski definition) is 1. The van der Waals surface area contributed by atoms with Gasteiger partial charge >= 0.3 is 0 Å². The zero-order valence-electron chi connectivity index (χ0n) is 9.93. The molecule has 0 saturated carbocycles. The molecule has 1 unspecified atom stereocenters. The third-order valence-corrected chi connectivity index (χ3v) is 3.02. The number of pyridine rings is 1. The predicted octanol–water partition coefficient (Wildman–Crippen LogP) is 0.237. The molecule has 5 heteroatoms. The number of aryl methyl sites for hydroxylation is 1. The van der Waals surface area contributed by atoms with Gasteiger partial charge < -0.3 is 10.2 Å². The highest BCUT2D eigenvalue weighted by atomic mass is 16.2. The summed E-state index contributed by atoms with van der Waals surface area (Å²) in [4.78, 5) is 29.1. The summed E-state index contributed by atoms with van der Waals surface area (Å²) in [6.45, 7) is 4.14. The number of carbonyl (C=O) groups excluding carboxylic acids is 2. The quantitative estimate of drug-likeness (QED) is 0.795. The van der Waals surface area contributed by atoms with Crippen molar-refractivity contribution in [3.05, 3.63) is 29.6 Å². The Bertz CT molecular complexity index is 459. The van der Waals surface area contributed by atoms with Crippen molar-refractivity contribution >= 4 is 11.8 Å². The van der Waals surface area contributed by atoms with E-state index in [2.05, 4.69) is 10.3 Å². The van der Waals surface area contributed by atoms with Crippen LogP contribution in [0.2, 0.25) is 0 Å². The zero-order chi connectivity index (χ0) is 12.4. The maximum absolute atomic E-state index is 11.7. The van der Waals surface area contributed by atoms with Gasteiger partial charge in [-0.15, -0.1) is 0 Å². The van der Waals surface area contributed by atoms with Crippen LogP contribution in [0.15, 0.2) is 18.3 Å². The molecule has 2 rings (SSSR count). The predicted molar refractivity (Wildman–Crippen MR) is 62.0 cm³/mol. The maximum atomic E-state index is 11.7. The first-order chi connectivity index (χ1) is 8.09. The van der Waals surface area contributed by atoms with E-state index in [4.69, 9.17) is 0 Å². The fourth-order valence-corrected chi connectivity index (χ4v) is 1.84. The average Bonchev–Trinajstić information content (AvgIpc) is 2.32. The van der Waals surface area contributed by atoms with E-state index in [9.17, 15) is 9.59 Å². The van der Waals surface area contributed by atoms with Crippen LogP contribution in [0.4, 0.5) is 0 Å². The van der Waals surface area contributed by atoms with Crippen LogP contribution in [0.1, 0.15) is 18.2 Å². The molecule has 1 aliphatic heterocycles. The van der Waals surface area contributed by atoms with Gasteiger partial charge in [-0.2, -0.15) is 0 Å². The van der Waals surface area contributed by atoms with Crippen LogP contribution in [-0.4, -0.2) is 34.3 Å². The fourth-order valence-electron chi connectivity index (χ4n) is 1.84. The lowest BCUT2D eigenvalue weighted by Gasteiger charge is -2.32. The van der Waals surface area contributed by atoms with Gasteiger partial charge in [-0.25, -0.2) is 0 Å². The highest BCUT2D eigenvalue weighted by molar-refractivity contribution is 5.94. The van der Waals surface area contributed by atoms with Gasteiger partial charge in [0.05, 0.1) is 18.8 Å². The van der Waals surface area contributed by atoms with E-state index in [0.717, 1.165) is 11.3 Å². The second kappa shape index (κ2) is 4.53. The average molecular weight is 233 g/mol. The zero-order valence-corrected chi connectivity index (χ0v) is 9.93. The molecule has 0 aromatic carbocycles. The molecule has 0 bridgehead atoms. The third kappa shape index (κ3) is 2.27. The molecule has 0 aliphatic carbocycles. The molecule has 0 spiro atoms. The number of nitrogens with zero attached hydrogens (tertiary/aromatic N) is 2. The summed E-state index contributed by atoms with van der Waals surface area (Å²) in [6, 6.07) is 3.37. The van der Waals surface area contributed by atoms with Crippen LogP contribution in [0.3, 0.4) is 0 Å². The number of piperazine rings is 1. The smallest absolute Gasteiger partial charge is 0.242 e. The molecular weight excluding hydrogens is 218 g/mol. The summed E-state index contributed by atoms with van der Waals surface area (Å²) >= 11 is 0. The van der Waals surface area contributed by atoms with Crippen LogP contribution in [0.5, 0.6) is 0 Å². The minimum atomic E-state index is -0.433. The number of nitrogens with one attached hydrogen (secondary N) is 1. The van der Waals surface area contributed by atoms with Crippen molar-refractivity contribution in [1.29, 1.82) is 0 Å². The van der Waals surface area contributed by atoms with Crippen LogP contribution in [0, 0.1) is 6.92 Å². The third-order valence-electron chi connectivity index (χ3n) is 3.02. The second-order valence-corrected chi connectivity index (χ2v) is 4.18. The standard InChI is InChI=1S/C12H15N3O2/c1-8-4-3-5-13-10(8)7-15-9(2)12(17)14-6-11(15)16/h3-5,9H,6-7H2,1-2H3,(H,14,17). The molecule has 1 N–H and O–H groups in total. The number of hydrogen-bond acceptors (Lipinski definition) is 3. The Morgan fingerprint density at radius 1 is 1.53 bits per heavy atom. The van der Waals surface area contributed by atoms with Crippen molar-refractivity contribution in [2.24, 2.45) is 0 Å². The van der Waals surface area contributed by atoms with E-state index in [1.54, 1.807) is 18.0 Å². The maximum Gasteiger partial charge on any atom is 0.242 e. The van der Waals surface area contributed by atoms with Gasteiger partial charge in [0.15, 0.2) is 0 Å². The molecule has 90 valence electrons. The summed E-state index contributed by atoms with van der Waals surface area (Å²) < 4.78 is 0. The lowest BCUT2D eigenvalue weighted by Crippen LogP contribution is -2.56. The molecule has 1 fully saturated rings. The van der Waals surface area contributed by atoms with E-state index < -0.39 is 6.04 Å². The van der Waals surface area contributed by atoms with Gasteiger partial charge in [0.1, 0.15) is 6.04 Å². The van der Waals surface area contributed by atoms with Gasteiger partial charge in [-0.1, -0.05) is 6.07 Å². The van der Waals surface area contributed by atoms with Crippen molar-refractivity contribution in [2.75, 3.05) is 6.54 Å². The van der Waals surface area contributed by atoms with Gasteiger partial charge in [0, 0.05) is 6.20 Å². The molecule has 5 nitrogen and oxygen atoms in total. The Labute approximate surface area is 99.8 Å². The summed E-state index contributed by atoms with van der Waals surface area (Å²) in [5.74, 6) is -0.180. The molecule has 1 aromatic rings. The van der Waals surface area contributed by atoms with Gasteiger partial charge in [0.2, 0.25) is 11.8 Å². The van der Waals surface area contributed by atoms with Crippen molar-refractivity contribution in [1.82, 2.24) is 15.2 Å². The molecule has 1 saturated heterocycles. The highest BCUT2D eigenvalue weighted by Crippen LogP contribution is 2.12. The second-order valence-electron chi connectivity index (χ2n) is 4.18. The molecule has 2 amide bonds. The van der Waals surface area contributed by atoms with Crippen LogP contribution >= 0.6 is 0 Å². The van der Waals surface area contributed by atoms with Gasteiger partial charge in [-0.3, -0.25) is 14.6 Å². The Balaban J connectivity index is 2.19. The first kappa shape index (κ1) is 11.6. The van der Waals surface area contributed by atoms with Crippen molar-refractivity contribution in [3.63, 3.8) is 0 Å². The van der Waals surface area contributed by atoms with Crippen LogP contribution < -0.4 is 5.32 Å². The van der Waals surface area contributed by atoms with Crippen molar-refractivity contribution in [2.45, 2.75) is 26.4 Å². The van der Waals surface area contributed by atoms with E-state index in [-0.39, 0.29) is 18.4 Å². The first-order valence-electron chi connectivity index (χ1n) is 5.57. The summed E-state index contributed by atoms with van der Waals surface area (Å²) in [7, 11) is 0. The lowest BCUT2D eigenvalue weighted by atomic mass is 10.1. The summed E-state index contributed by atoms with van der Waals surface area (Å²) in [5.41, 5.74) is 1.86. The minimum Gasteiger partial charge on any atom is -0.345 e. The van der Waals surface area contributed by atoms with E-state index >= 15 is 0 Å². The number of aromatic nitrogens is 1. The largest absolute Gasteiger partial charge is 0.345 e. The van der Waals surface area contributed by atoms with Gasteiger partial charge in [-0.05, 0) is 25.5 Å². The Hall–Kier alpha value is -1.91. The Morgan fingerprint density at radius 3 is 3.00 bits per heavy atom. The fraction of sp³-hybridized carbons (Fsp3) is 0.417. The monoisotopic (exact) mass is 233 g/mol. The van der Waals surface area contributed by atoms with E-state index in [1.807, 2.05) is 19.1 Å². The van der Waals surface area contributed by atoms with Crippen LogP contribution in [0.25, 0.3) is 0 Å². The van der Waals surface area contributed by atoms with Gasteiger partial charge in [0.25, 0.3) is 0 Å². The molecule has 1 aliphatic rings. The number of amides is 2. The minimum absolute atomic E-state index is 0.0675. The van der Waals surface area contributed by atoms with Crippen molar-refractivity contribution < 1.29 is 9.59 Å². The normalized spacial score (nSPS) is 20.4. The number of rotatable bonds is 2. The molecule has 1 aromatic heterocycles. The van der Waals surface area contributed by atoms with Crippen molar-refractivity contribution in [3.8, 4) is 0 Å². The van der Waals surface area contributed by atoms with Crippen LogP contribution in [-0.2, 0) is 16.1 Å². The SMILES string of the molecule is Cc1cccnc1CN1C(=O)CNC(=O)C1C. The number of carbonyl (C=O) groups is 2. The Morgan fingerprint density at radius 2 is 2.29 bits per heavy atom. The first-order valence-corrected chi connectivity index (χ1v) is 5.57. The topological polar surface area (TPSA) is 62.3 Å². The highest BCUT2D eigenvalue weighted by Gasteiger charge is 2.31. The lowest BCUT2D eigenvalue weighted by molar-refractivity contribution is -0.145. The summed E-state index contributed by atoms with van der Waals surface area (Å²) in [6.07, 6.45) is 1.70. The van der Waals surface area contributed by atoms with E-state index in [1.165, 1.54) is 0 Å². The van der Waals surface area contributed by atoms with E-state index in [0.29, 0.717) is 6.54 Å². The molecule has 2 heterocycles. The molecular formula is C12H15N3O2.